The van der Waals surface area contributed by atoms with Gasteiger partial charge < -0.3 is 14.6 Å². The molecule has 6 nitrogen and oxygen atoms in total. The van der Waals surface area contributed by atoms with Gasteiger partial charge in [-0.3, -0.25) is 4.79 Å². The van der Waals surface area contributed by atoms with E-state index in [4.69, 9.17) is 4.74 Å². The summed E-state index contributed by atoms with van der Waals surface area (Å²) in [4.78, 5) is 16.0. The summed E-state index contributed by atoms with van der Waals surface area (Å²) in [5.41, 5.74) is -0.652. The van der Waals surface area contributed by atoms with E-state index in [1.165, 1.54) is 25.6 Å². The SMILES string of the molecule is COc1ccc(C(=O)NC(C)(C)c2ncon2)cc1F. The Morgan fingerprint density at radius 1 is 1.45 bits per heavy atom. The Hall–Kier alpha value is -2.44. The molecule has 1 aromatic carbocycles. The average Bonchev–Trinajstić information content (AvgIpc) is 2.92. The second-order valence-electron chi connectivity index (χ2n) is 4.68. The molecule has 2 aromatic rings. The normalized spacial score (nSPS) is 11.2. The first-order chi connectivity index (χ1) is 9.44. The van der Waals surface area contributed by atoms with Crippen molar-refractivity contribution in [2.75, 3.05) is 7.11 Å². The van der Waals surface area contributed by atoms with Gasteiger partial charge in [-0.05, 0) is 32.0 Å². The summed E-state index contributed by atoms with van der Waals surface area (Å²) < 4.78 is 23.0. The average molecular weight is 279 g/mol. The van der Waals surface area contributed by atoms with Gasteiger partial charge in [0.1, 0.15) is 0 Å². The van der Waals surface area contributed by atoms with Crippen LogP contribution in [0.1, 0.15) is 30.0 Å². The molecule has 1 aromatic heterocycles. The Morgan fingerprint density at radius 2 is 2.20 bits per heavy atom. The summed E-state index contributed by atoms with van der Waals surface area (Å²) in [5, 5.41) is 6.39. The van der Waals surface area contributed by atoms with Crippen LogP contribution in [-0.2, 0) is 5.54 Å². The summed E-state index contributed by atoms with van der Waals surface area (Å²) in [6.45, 7) is 3.44. The first-order valence-corrected chi connectivity index (χ1v) is 5.87. The van der Waals surface area contributed by atoms with Gasteiger partial charge in [-0.1, -0.05) is 5.16 Å². The lowest BCUT2D eigenvalue weighted by molar-refractivity contribution is 0.0907. The van der Waals surface area contributed by atoms with Crippen molar-refractivity contribution in [3.63, 3.8) is 0 Å². The molecule has 1 heterocycles. The number of amides is 1. The van der Waals surface area contributed by atoms with Crippen LogP contribution in [0.4, 0.5) is 4.39 Å². The van der Waals surface area contributed by atoms with Gasteiger partial charge in [0.05, 0.1) is 12.6 Å². The number of nitrogens with zero attached hydrogens (tertiary/aromatic N) is 2. The number of aromatic nitrogens is 2. The van der Waals surface area contributed by atoms with Gasteiger partial charge in [0.25, 0.3) is 5.91 Å². The lowest BCUT2D eigenvalue weighted by Gasteiger charge is -2.22. The molecule has 0 unspecified atom stereocenters. The first-order valence-electron chi connectivity index (χ1n) is 5.87. The van der Waals surface area contributed by atoms with E-state index in [9.17, 15) is 9.18 Å². The third-order valence-electron chi connectivity index (χ3n) is 2.76. The molecule has 0 saturated heterocycles. The third kappa shape index (κ3) is 2.76. The summed E-state index contributed by atoms with van der Waals surface area (Å²) in [5.74, 6) is -0.627. The maximum atomic E-state index is 13.6. The summed E-state index contributed by atoms with van der Waals surface area (Å²) in [6.07, 6.45) is 1.18. The van der Waals surface area contributed by atoms with E-state index in [-0.39, 0.29) is 11.3 Å². The maximum Gasteiger partial charge on any atom is 0.252 e. The van der Waals surface area contributed by atoms with Crippen LogP contribution in [0.5, 0.6) is 5.75 Å². The fraction of sp³-hybridized carbons (Fsp3) is 0.308. The zero-order chi connectivity index (χ0) is 14.8. The van der Waals surface area contributed by atoms with E-state index < -0.39 is 17.3 Å². The maximum absolute atomic E-state index is 13.6. The van der Waals surface area contributed by atoms with Crippen LogP contribution in [0.2, 0.25) is 0 Å². The van der Waals surface area contributed by atoms with Gasteiger partial charge in [-0.2, -0.15) is 4.98 Å². The van der Waals surface area contributed by atoms with Gasteiger partial charge in [-0.25, -0.2) is 4.39 Å². The fourth-order valence-corrected chi connectivity index (χ4v) is 1.67. The van der Waals surface area contributed by atoms with Gasteiger partial charge in [-0.15, -0.1) is 0 Å². The molecule has 7 heteroatoms. The highest BCUT2D eigenvalue weighted by Gasteiger charge is 2.28. The van der Waals surface area contributed by atoms with Crippen molar-refractivity contribution in [3.05, 3.63) is 41.8 Å². The lowest BCUT2D eigenvalue weighted by Crippen LogP contribution is -2.41. The number of benzene rings is 1. The number of halogens is 1. The molecule has 0 bridgehead atoms. The fourth-order valence-electron chi connectivity index (χ4n) is 1.67. The van der Waals surface area contributed by atoms with Crippen molar-refractivity contribution < 1.29 is 18.4 Å². The number of nitrogens with one attached hydrogen (secondary N) is 1. The number of hydrogen-bond donors (Lipinski definition) is 1. The largest absolute Gasteiger partial charge is 0.494 e. The Morgan fingerprint density at radius 3 is 2.75 bits per heavy atom. The van der Waals surface area contributed by atoms with E-state index in [1.54, 1.807) is 13.8 Å². The minimum absolute atomic E-state index is 0.0824. The lowest BCUT2D eigenvalue weighted by atomic mass is 10.0. The molecule has 1 amide bonds. The van der Waals surface area contributed by atoms with Crippen LogP contribution < -0.4 is 10.1 Å². The van der Waals surface area contributed by atoms with Crippen LogP contribution in [0.3, 0.4) is 0 Å². The topological polar surface area (TPSA) is 77.2 Å². The molecule has 0 aliphatic carbocycles. The Balaban J connectivity index is 2.18. The molecule has 0 spiro atoms. The van der Waals surface area contributed by atoms with Crippen molar-refractivity contribution in [1.82, 2.24) is 15.5 Å². The number of rotatable bonds is 4. The molecule has 0 radical (unpaired) electrons. The highest BCUT2D eigenvalue weighted by Crippen LogP contribution is 2.20. The van der Waals surface area contributed by atoms with Crippen molar-refractivity contribution in [1.29, 1.82) is 0 Å². The zero-order valence-corrected chi connectivity index (χ0v) is 11.3. The Bertz CT molecular complexity index is 611. The van der Waals surface area contributed by atoms with E-state index in [1.807, 2.05) is 0 Å². The molecule has 106 valence electrons. The third-order valence-corrected chi connectivity index (χ3v) is 2.76. The van der Waals surface area contributed by atoms with Crippen molar-refractivity contribution in [2.45, 2.75) is 19.4 Å². The molecular formula is C13H14FN3O3. The second kappa shape index (κ2) is 5.28. The van der Waals surface area contributed by atoms with E-state index in [2.05, 4.69) is 20.0 Å². The standard InChI is InChI=1S/C13H14FN3O3/c1-13(2,12-15-7-20-17-12)16-11(18)8-4-5-10(19-3)9(14)6-8/h4-7H,1-3H3,(H,16,18). The molecule has 0 fully saturated rings. The van der Waals surface area contributed by atoms with Crippen LogP contribution in [0.25, 0.3) is 0 Å². The van der Waals surface area contributed by atoms with E-state index >= 15 is 0 Å². The monoisotopic (exact) mass is 279 g/mol. The summed E-state index contributed by atoms with van der Waals surface area (Å²) in [7, 11) is 1.36. The number of carbonyl (C=O) groups is 1. The molecule has 20 heavy (non-hydrogen) atoms. The predicted octanol–water partition coefficient (Wildman–Crippen LogP) is 1.88. The predicted molar refractivity (Wildman–Crippen MR) is 67.7 cm³/mol. The van der Waals surface area contributed by atoms with Crippen LogP contribution in [0, 0.1) is 5.82 Å². The van der Waals surface area contributed by atoms with E-state index in [0.717, 1.165) is 6.07 Å². The number of carbonyl (C=O) groups excluding carboxylic acids is 1. The van der Waals surface area contributed by atoms with Crippen molar-refractivity contribution >= 4 is 5.91 Å². The number of ether oxygens (including phenoxy) is 1. The molecular weight excluding hydrogens is 265 g/mol. The quantitative estimate of drug-likeness (QED) is 0.924. The second-order valence-corrected chi connectivity index (χ2v) is 4.68. The molecule has 1 N–H and O–H groups in total. The van der Waals surface area contributed by atoms with Gasteiger partial charge >= 0.3 is 0 Å². The highest BCUT2D eigenvalue weighted by atomic mass is 19.1. The van der Waals surface area contributed by atoms with Crippen molar-refractivity contribution in [3.8, 4) is 5.75 Å². The Labute approximate surface area is 114 Å². The number of methoxy groups -OCH3 is 1. The Kier molecular flexibility index (Phi) is 3.69. The highest BCUT2D eigenvalue weighted by molar-refractivity contribution is 5.94. The molecule has 0 aliphatic heterocycles. The molecule has 0 atom stereocenters. The first kappa shape index (κ1) is 14.0. The summed E-state index contributed by atoms with van der Waals surface area (Å²) in [6, 6.07) is 3.98. The zero-order valence-electron chi connectivity index (χ0n) is 11.3. The van der Waals surface area contributed by atoms with Crippen LogP contribution >= 0.6 is 0 Å². The van der Waals surface area contributed by atoms with Gasteiger partial charge in [0, 0.05) is 5.56 Å². The van der Waals surface area contributed by atoms with Crippen molar-refractivity contribution in [2.24, 2.45) is 0 Å². The van der Waals surface area contributed by atoms with Gasteiger partial charge in [0.2, 0.25) is 6.39 Å². The smallest absolute Gasteiger partial charge is 0.252 e. The minimum atomic E-state index is -0.833. The van der Waals surface area contributed by atoms with Crippen LogP contribution in [-0.4, -0.2) is 23.2 Å². The van der Waals surface area contributed by atoms with Crippen LogP contribution in [0.15, 0.2) is 29.1 Å². The minimum Gasteiger partial charge on any atom is -0.494 e. The molecule has 2 rings (SSSR count). The molecule has 0 saturated carbocycles. The van der Waals surface area contributed by atoms with Gasteiger partial charge in [0.15, 0.2) is 17.4 Å². The van der Waals surface area contributed by atoms with E-state index in [0.29, 0.717) is 5.82 Å². The number of hydrogen-bond acceptors (Lipinski definition) is 5. The molecule has 0 aliphatic rings. The summed E-state index contributed by atoms with van der Waals surface area (Å²) >= 11 is 0.